The lowest BCUT2D eigenvalue weighted by Crippen LogP contribution is -2.41. The molecule has 5 heteroatoms. The molecule has 0 bridgehead atoms. The predicted molar refractivity (Wildman–Crippen MR) is 81.0 cm³/mol. The highest BCUT2D eigenvalue weighted by molar-refractivity contribution is 5.61. The molecular weight excluding hydrogens is 254 g/mol. The second-order valence-corrected chi connectivity index (χ2v) is 5.50. The van der Waals surface area contributed by atoms with Crippen LogP contribution in [-0.2, 0) is 0 Å². The Morgan fingerprint density at radius 3 is 2.95 bits per heavy atom. The highest BCUT2D eigenvalue weighted by Crippen LogP contribution is 2.27. The van der Waals surface area contributed by atoms with Crippen LogP contribution in [0, 0.1) is 16.0 Å². The van der Waals surface area contributed by atoms with Gasteiger partial charge in [0.2, 0.25) is 0 Å². The Morgan fingerprint density at radius 2 is 2.25 bits per heavy atom. The number of nitro benzene ring substituents is 1. The largest absolute Gasteiger partial charge is 0.377 e. The quantitative estimate of drug-likeness (QED) is 0.663. The molecule has 0 aliphatic carbocycles. The molecule has 0 spiro atoms. The molecule has 1 aliphatic heterocycles. The number of anilines is 1. The third-order valence-electron chi connectivity index (χ3n) is 4.18. The summed E-state index contributed by atoms with van der Waals surface area (Å²) in [7, 11) is 0. The molecule has 1 saturated heterocycles. The van der Waals surface area contributed by atoms with E-state index >= 15 is 0 Å². The summed E-state index contributed by atoms with van der Waals surface area (Å²) in [5, 5.41) is 14.4. The zero-order chi connectivity index (χ0) is 14.5. The molecule has 1 aliphatic rings. The normalized spacial score (nSPS) is 21.4. The van der Waals surface area contributed by atoms with Gasteiger partial charge >= 0.3 is 0 Å². The maximum absolute atomic E-state index is 11.0. The fourth-order valence-corrected chi connectivity index (χ4v) is 2.90. The van der Waals surface area contributed by atoms with Crippen molar-refractivity contribution in [1.82, 2.24) is 4.90 Å². The Kier molecular flexibility index (Phi) is 4.95. The van der Waals surface area contributed by atoms with Gasteiger partial charge in [0.15, 0.2) is 0 Å². The van der Waals surface area contributed by atoms with Gasteiger partial charge in [0.25, 0.3) is 5.69 Å². The first kappa shape index (κ1) is 14.8. The van der Waals surface area contributed by atoms with Crippen LogP contribution in [0.1, 0.15) is 26.7 Å². The smallest absolute Gasteiger partial charge is 0.292 e. The topological polar surface area (TPSA) is 58.4 Å². The molecule has 0 radical (unpaired) electrons. The van der Waals surface area contributed by atoms with Gasteiger partial charge < -0.3 is 10.2 Å². The zero-order valence-electron chi connectivity index (χ0n) is 12.2. The van der Waals surface area contributed by atoms with Gasteiger partial charge in [-0.15, -0.1) is 0 Å². The van der Waals surface area contributed by atoms with E-state index in [1.54, 1.807) is 18.2 Å². The van der Waals surface area contributed by atoms with Crippen LogP contribution in [0.25, 0.3) is 0 Å². The van der Waals surface area contributed by atoms with E-state index in [0.29, 0.717) is 11.6 Å². The number of rotatable bonds is 5. The minimum absolute atomic E-state index is 0.155. The lowest BCUT2D eigenvalue weighted by atomic mass is 9.91. The first-order chi connectivity index (χ1) is 9.61. The van der Waals surface area contributed by atoms with Crippen LogP contribution < -0.4 is 5.32 Å². The van der Waals surface area contributed by atoms with Crippen LogP contribution in [0.4, 0.5) is 11.4 Å². The van der Waals surface area contributed by atoms with Crippen molar-refractivity contribution in [2.45, 2.75) is 32.7 Å². The highest BCUT2D eigenvalue weighted by atomic mass is 16.6. The lowest BCUT2D eigenvalue weighted by Gasteiger charge is -2.35. The van der Waals surface area contributed by atoms with Gasteiger partial charge in [-0.3, -0.25) is 10.1 Å². The van der Waals surface area contributed by atoms with Crippen LogP contribution >= 0.6 is 0 Å². The molecule has 0 amide bonds. The molecule has 5 nitrogen and oxygen atoms in total. The Hall–Kier alpha value is -1.62. The van der Waals surface area contributed by atoms with E-state index in [0.717, 1.165) is 13.1 Å². The van der Waals surface area contributed by atoms with Gasteiger partial charge in [0.1, 0.15) is 5.69 Å². The first-order valence-corrected chi connectivity index (χ1v) is 7.34. The van der Waals surface area contributed by atoms with Crippen LogP contribution in [0.15, 0.2) is 24.3 Å². The summed E-state index contributed by atoms with van der Waals surface area (Å²) >= 11 is 0. The third kappa shape index (κ3) is 3.48. The standard InChI is InChI=1S/C15H23N3O2/c1-3-17-10-6-7-13(11-17)12(2)16-14-8-4-5-9-15(14)18(19)20/h4-5,8-9,12-13,16H,3,6-7,10-11H2,1-2H3. The molecule has 1 aromatic carbocycles. The molecule has 20 heavy (non-hydrogen) atoms. The average Bonchev–Trinajstić information content (AvgIpc) is 2.47. The zero-order valence-corrected chi connectivity index (χ0v) is 12.2. The summed E-state index contributed by atoms with van der Waals surface area (Å²) in [5.74, 6) is 0.545. The van der Waals surface area contributed by atoms with Crippen molar-refractivity contribution >= 4 is 11.4 Å². The number of hydrogen-bond acceptors (Lipinski definition) is 4. The van der Waals surface area contributed by atoms with E-state index in [9.17, 15) is 10.1 Å². The number of benzene rings is 1. The molecule has 1 heterocycles. The number of nitrogens with one attached hydrogen (secondary N) is 1. The van der Waals surface area contributed by atoms with E-state index in [1.165, 1.54) is 19.4 Å². The van der Waals surface area contributed by atoms with E-state index in [4.69, 9.17) is 0 Å². The van der Waals surface area contributed by atoms with Crippen molar-refractivity contribution in [1.29, 1.82) is 0 Å². The average molecular weight is 277 g/mol. The van der Waals surface area contributed by atoms with Gasteiger partial charge in [0.05, 0.1) is 4.92 Å². The second-order valence-electron chi connectivity index (χ2n) is 5.50. The Bertz CT molecular complexity index is 464. The van der Waals surface area contributed by atoms with Crippen LogP contribution in [0.5, 0.6) is 0 Å². The Balaban J connectivity index is 2.04. The van der Waals surface area contributed by atoms with E-state index < -0.39 is 0 Å². The monoisotopic (exact) mass is 277 g/mol. The van der Waals surface area contributed by atoms with Crippen molar-refractivity contribution in [3.8, 4) is 0 Å². The molecule has 0 saturated carbocycles. The van der Waals surface area contributed by atoms with Crippen LogP contribution in [0.2, 0.25) is 0 Å². The second kappa shape index (κ2) is 6.70. The maximum atomic E-state index is 11.0. The molecule has 1 aromatic rings. The summed E-state index contributed by atoms with van der Waals surface area (Å²) in [4.78, 5) is 13.2. The van der Waals surface area contributed by atoms with E-state index in [2.05, 4.69) is 24.1 Å². The lowest BCUT2D eigenvalue weighted by molar-refractivity contribution is -0.384. The summed E-state index contributed by atoms with van der Waals surface area (Å²) in [5.41, 5.74) is 0.779. The minimum Gasteiger partial charge on any atom is -0.377 e. The van der Waals surface area contributed by atoms with Gasteiger partial charge in [-0.25, -0.2) is 0 Å². The van der Waals surface area contributed by atoms with Crippen LogP contribution in [-0.4, -0.2) is 35.5 Å². The van der Waals surface area contributed by atoms with Gasteiger partial charge in [-0.05, 0) is 44.8 Å². The van der Waals surface area contributed by atoms with Crippen molar-refractivity contribution in [3.63, 3.8) is 0 Å². The number of piperidine rings is 1. The van der Waals surface area contributed by atoms with Gasteiger partial charge in [0, 0.05) is 18.7 Å². The number of hydrogen-bond donors (Lipinski definition) is 1. The molecule has 2 rings (SSSR count). The van der Waals surface area contributed by atoms with Crippen molar-refractivity contribution in [3.05, 3.63) is 34.4 Å². The number of likely N-dealkylation sites (tertiary alicyclic amines) is 1. The number of nitro groups is 1. The van der Waals surface area contributed by atoms with E-state index in [1.807, 2.05) is 6.07 Å². The summed E-state index contributed by atoms with van der Waals surface area (Å²) in [6.45, 7) is 7.63. The molecule has 1 fully saturated rings. The number of para-hydroxylation sites is 2. The van der Waals surface area contributed by atoms with Crippen LogP contribution in [0.3, 0.4) is 0 Å². The van der Waals surface area contributed by atoms with Crippen molar-refractivity contribution in [2.24, 2.45) is 5.92 Å². The minimum atomic E-state index is -0.325. The summed E-state index contributed by atoms with van der Waals surface area (Å²) in [6, 6.07) is 7.11. The fraction of sp³-hybridized carbons (Fsp3) is 0.600. The third-order valence-corrected chi connectivity index (χ3v) is 4.18. The fourth-order valence-electron chi connectivity index (χ4n) is 2.90. The predicted octanol–water partition coefficient (Wildman–Crippen LogP) is 3.13. The highest BCUT2D eigenvalue weighted by Gasteiger charge is 2.25. The summed E-state index contributed by atoms with van der Waals surface area (Å²) in [6.07, 6.45) is 2.40. The molecular formula is C15H23N3O2. The first-order valence-electron chi connectivity index (χ1n) is 7.34. The van der Waals surface area contributed by atoms with E-state index in [-0.39, 0.29) is 16.7 Å². The molecule has 2 atom stereocenters. The Morgan fingerprint density at radius 1 is 1.50 bits per heavy atom. The Labute approximate surface area is 120 Å². The number of nitrogens with zero attached hydrogens (tertiary/aromatic N) is 2. The molecule has 0 aromatic heterocycles. The SMILES string of the molecule is CCN1CCCC(C(C)Nc2ccccc2[N+](=O)[O-])C1. The van der Waals surface area contributed by atoms with Gasteiger partial charge in [-0.2, -0.15) is 0 Å². The molecule has 1 N–H and O–H groups in total. The summed E-state index contributed by atoms with van der Waals surface area (Å²) < 4.78 is 0. The maximum Gasteiger partial charge on any atom is 0.292 e. The molecule has 110 valence electrons. The van der Waals surface area contributed by atoms with Crippen molar-refractivity contribution < 1.29 is 4.92 Å². The van der Waals surface area contributed by atoms with Gasteiger partial charge in [-0.1, -0.05) is 19.1 Å². The molecule has 2 unspecified atom stereocenters. The van der Waals surface area contributed by atoms with Crippen molar-refractivity contribution in [2.75, 3.05) is 25.0 Å².